The van der Waals surface area contributed by atoms with Crippen molar-refractivity contribution in [3.8, 4) is 0 Å². The molecule has 166 valence electrons. The van der Waals surface area contributed by atoms with Gasteiger partial charge in [-0.2, -0.15) is 0 Å². The fourth-order valence-corrected chi connectivity index (χ4v) is 3.09. The maximum absolute atomic E-state index is 12.4. The summed E-state index contributed by atoms with van der Waals surface area (Å²) in [6, 6.07) is 0. The number of imide groups is 1. The summed E-state index contributed by atoms with van der Waals surface area (Å²) in [5.41, 5.74) is -0.490. The summed E-state index contributed by atoms with van der Waals surface area (Å²) < 4.78 is 11.3. The van der Waals surface area contributed by atoms with Crippen LogP contribution in [-0.4, -0.2) is 60.1 Å². The lowest BCUT2D eigenvalue weighted by Gasteiger charge is -2.44. The molecule has 1 atom stereocenters. The lowest BCUT2D eigenvalue weighted by molar-refractivity contribution is -0.303. The molecule has 0 saturated carbocycles. The van der Waals surface area contributed by atoms with Crippen molar-refractivity contribution in [2.24, 2.45) is 5.41 Å². The number of ether oxygens (including phenoxy) is 2. The Morgan fingerprint density at radius 3 is 2.47 bits per heavy atom. The number of amides is 4. The maximum atomic E-state index is 12.4. The molecule has 0 aromatic heterocycles. The molecule has 1 saturated heterocycles. The van der Waals surface area contributed by atoms with Gasteiger partial charge in [-0.3, -0.25) is 24.1 Å². The van der Waals surface area contributed by atoms with E-state index < -0.39 is 17.3 Å². The lowest BCUT2D eigenvalue weighted by Crippen LogP contribution is -2.55. The van der Waals surface area contributed by atoms with Crippen molar-refractivity contribution in [1.82, 2.24) is 15.5 Å². The van der Waals surface area contributed by atoms with Crippen molar-refractivity contribution in [2.45, 2.75) is 58.8 Å². The first kappa shape index (κ1) is 23.8. The zero-order valence-corrected chi connectivity index (χ0v) is 18.0. The molecule has 1 unspecified atom stereocenters. The van der Waals surface area contributed by atoms with E-state index in [0.717, 1.165) is 12.8 Å². The molecule has 1 fully saturated rings. The van der Waals surface area contributed by atoms with Crippen molar-refractivity contribution in [2.75, 3.05) is 19.7 Å². The minimum absolute atomic E-state index is 0.279. The van der Waals surface area contributed by atoms with Crippen molar-refractivity contribution in [3.63, 3.8) is 0 Å². The highest BCUT2D eigenvalue weighted by Gasteiger charge is 2.45. The molecular formula is C21H31N3O6. The van der Waals surface area contributed by atoms with Crippen LogP contribution in [-0.2, 0) is 28.7 Å². The minimum atomic E-state index is -0.843. The quantitative estimate of drug-likeness (QED) is 0.326. The maximum Gasteiger partial charge on any atom is 0.253 e. The Bertz CT molecular complexity index is 723. The van der Waals surface area contributed by atoms with Crippen LogP contribution in [0.25, 0.3) is 0 Å². The summed E-state index contributed by atoms with van der Waals surface area (Å²) in [5.74, 6) is -2.06. The van der Waals surface area contributed by atoms with Crippen molar-refractivity contribution in [1.29, 1.82) is 0 Å². The Hall–Kier alpha value is -2.52. The van der Waals surface area contributed by atoms with Gasteiger partial charge < -0.3 is 20.1 Å². The van der Waals surface area contributed by atoms with E-state index in [2.05, 4.69) is 10.6 Å². The molecule has 0 radical (unpaired) electrons. The smallest absolute Gasteiger partial charge is 0.253 e. The summed E-state index contributed by atoms with van der Waals surface area (Å²) in [5, 5.41) is 5.31. The van der Waals surface area contributed by atoms with Gasteiger partial charge in [-0.1, -0.05) is 13.8 Å². The highest BCUT2D eigenvalue weighted by Crippen LogP contribution is 2.34. The Labute approximate surface area is 176 Å². The molecule has 9 nitrogen and oxygen atoms in total. The SMILES string of the molecule is CC1(C)OCC(C)(C)C(C(=O)NC=CC(=O)NCCCCCN2C(=O)C=CC2=O)O1. The van der Waals surface area contributed by atoms with Crippen LogP contribution < -0.4 is 10.6 Å². The first-order valence-corrected chi connectivity index (χ1v) is 10.1. The Morgan fingerprint density at radius 2 is 1.80 bits per heavy atom. The summed E-state index contributed by atoms with van der Waals surface area (Å²) >= 11 is 0. The van der Waals surface area contributed by atoms with Gasteiger partial charge >= 0.3 is 0 Å². The predicted molar refractivity (Wildman–Crippen MR) is 109 cm³/mol. The van der Waals surface area contributed by atoms with Crippen molar-refractivity contribution in [3.05, 3.63) is 24.4 Å². The average Bonchev–Trinajstić information content (AvgIpc) is 2.98. The molecule has 0 aromatic carbocycles. The summed E-state index contributed by atoms with van der Waals surface area (Å²) in [7, 11) is 0. The summed E-state index contributed by atoms with van der Waals surface area (Å²) in [4.78, 5) is 48.3. The Balaban J connectivity index is 1.62. The fourth-order valence-electron chi connectivity index (χ4n) is 3.09. The van der Waals surface area contributed by atoms with E-state index in [9.17, 15) is 19.2 Å². The van der Waals surface area contributed by atoms with Gasteiger partial charge in [0.05, 0.1) is 6.61 Å². The number of carbonyl (C=O) groups is 4. The Morgan fingerprint density at radius 1 is 1.13 bits per heavy atom. The second-order valence-corrected chi connectivity index (χ2v) is 8.53. The van der Waals surface area contributed by atoms with Crippen LogP contribution in [0.1, 0.15) is 47.0 Å². The summed E-state index contributed by atoms with van der Waals surface area (Å²) in [6.07, 6.45) is 6.56. The number of nitrogens with zero attached hydrogens (tertiary/aromatic N) is 1. The van der Waals surface area contributed by atoms with Crippen LogP contribution in [0.4, 0.5) is 0 Å². The standard InChI is InChI=1S/C21H31N3O6/c1-20(2)14-29-21(3,4)30-18(20)19(28)23-12-10-15(25)22-11-6-5-7-13-24-16(26)8-9-17(24)27/h8-10,12,18H,5-7,11,13-14H2,1-4H3,(H,22,25)(H,23,28). The molecule has 9 heteroatoms. The number of carbonyl (C=O) groups excluding carboxylic acids is 4. The van der Waals surface area contributed by atoms with E-state index in [4.69, 9.17) is 9.47 Å². The molecule has 0 bridgehead atoms. The van der Waals surface area contributed by atoms with E-state index in [0.29, 0.717) is 26.1 Å². The first-order valence-electron chi connectivity index (χ1n) is 10.1. The fraction of sp³-hybridized carbons (Fsp3) is 0.619. The van der Waals surface area contributed by atoms with Crippen LogP contribution >= 0.6 is 0 Å². The van der Waals surface area contributed by atoms with E-state index in [1.165, 1.54) is 29.3 Å². The molecule has 0 aromatic rings. The second kappa shape index (κ2) is 9.99. The zero-order valence-electron chi connectivity index (χ0n) is 18.0. The monoisotopic (exact) mass is 421 g/mol. The largest absolute Gasteiger partial charge is 0.353 e. The third kappa shape index (κ3) is 6.77. The molecule has 2 aliphatic heterocycles. The van der Waals surface area contributed by atoms with E-state index in [1.54, 1.807) is 13.8 Å². The van der Waals surface area contributed by atoms with Gasteiger partial charge in [0.15, 0.2) is 5.79 Å². The van der Waals surface area contributed by atoms with E-state index >= 15 is 0 Å². The number of hydrogen-bond acceptors (Lipinski definition) is 6. The van der Waals surface area contributed by atoms with Crippen LogP contribution in [0.3, 0.4) is 0 Å². The number of rotatable bonds is 9. The van der Waals surface area contributed by atoms with Crippen LogP contribution in [0.5, 0.6) is 0 Å². The first-order chi connectivity index (χ1) is 14.0. The molecule has 2 aliphatic rings. The molecule has 4 amide bonds. The van der Waals surface area contributed by atoms with E-state index in [-0.39, 0.29) is 23.6 Å². The van der Waals surface area contributed by atoms with Gasteiger partial charge in [-0.05, 0) is 33.1 Å². The molecule has 2 heterocycles. The molecule has 0 spiro atoms. The Kier molecular flexibility index (Phi) is 7.91. The average molecular weight is 421 g/mol. The molecular weight excluding hydrogens is 390 g/mol. The van der Waals surface area contributed by atoms with Crippen LogP contribution in [0, 0.1) is 5.41 Å². The topological polar surface area (TPSA) is 114 Å². The predicted octanol–water partition coefficient (Wildman–Crippen LogP) is 1.01. The van der Waals surface area contributed by atoms with E-state index in [1.807, 2.05) is 13.8 Å². The van der Waals surface area contributed by atoms with Crippen LogP contribution in [0.15, 0.2) is 24.4 Å². The summed E-state index contributed by atoms with van der Waals surface area (Å²) in [6.45, 7) is 8.50. The van der Waals surface area contributed by atoms with Gasteiger partial charge in [-0.25, -0.2) is 0 Å². The normalized spacial score (nSPS) is 22.5. The highest BCUT2D eigenvalue weighted by atomic mass is 16.7. The molecule has 2 rings (SSSR count). The molecule has 0 aliphatic carbocycles. The molecule has 30 heavy (non-hydrogen) atoms. The van der Waals surface area contributed by atoms with Crippen molar-refractivity contribution < 1.29 is 28.7 Å². The van der Waals surface area contributed by atoms with Gasteiger partial charge in [-0.15, -0.1) is 0 Å². The highest BCUT2D eigenvalue weighted by molar-refractivity contribution is 6.12. The van der Waals surface area contributed by atoms with Gasteiger partial charge in [0.25, 0.3) is 17.7 Å². The number of unbranched alkanes of at least 4 members (excludes halogenated alkanes) is 2. The zero-order chi connectivity index (χ0) is 22.4. The number of hydrogen-bond donors (Lipinski definition) is 2. The van der Waals surface area contributed by atoms with Gasteiger partial charge in [0.1, 0.15) is 6.10 Å². The molecule has 2 N–H and O–H groups in total. The lowest BCUT2D eigenvalue weighted by atomic mass is 9.85. The minimum Gasteiger partial charge on any atom is -0.353 e. The number of nitrogens with one attached hydrogen (secondary N) is 2. The third-order valence-corrected chi connectivity index (χ3v) is 4.86. The van der Waals surface area contributed by atoms with Crippen molar-refractivity contribution >= 4 is 23.6 Å². The third-order valence-electron chi connectivity index (χ3n) is 4.86. The van der Waals surface area contributed by atoms with Gasteiger partial charge in [0.2, 0.25) is 5.91 Å². The second-order valence-electron chi connectivity index (χ2n) is 8.53. The van der Waals surface area contributed by atoms with Gasteiger partial charge in [0, 0.05) is 42.9 Å². The van der Waals surface area contributed by atoms with Crippen LogP contribution in [0.2, 0.25) is 0 Å².